The summed E-state index contributed by atoms with van der Waals surface area (Å²) < 4.78 is 10.8. The van der Waals surface area contributed by atoms with Crippen LogP contribution in [0.2, 0.25) is 0 Å². The van der Waals surface area contributed by atoms with Crippen molar-refractivity contribution in [3.63, 3.8) is 0 Å². The van der Waals surface area contributed by atoms with Gasteiger partial charge in [-0.2, -0.15) is 0 Å². The first-order valence-electron chi connectivity index (χ1n) is 6.32. The third kappa shape index (κ3) is 3.44. The Morgan fingerprint density at radius 3 is 2.69 bits per heavy atom. The smallest absolute Gasteiger partial charge is 0.0720 e. The highest BCUT2D eigenvalue weighted by Crippen LogP contribution is 2.35. The molecule has 1 fully saturated rings. The van der Waals surface area contributed by atoms with E-state index in [1.807, 2.05) is 0 Å². The third-order valence-corrected chi connectivity index (χ3v) is 3.84. The van der Waals surface area contributed by atoms with Crippen LogP contribution in [0.25, 0.3) is 0 Å². The molecule has 0 saturated carbocycles. The molecular formula is C13H26O3. The molecule has 96 valence electrons. The lowest BCUT2D eigenvalue weighted by atomic mass is 9.76. The average Bonchev–Trinajstić information content (AvgIpc) is 2.25. The maximum Gasteiger partial charge on any atom is 0.0720 e. The van der Waals surface area contributed by atoms with Crippen molar-refractivity contribution in [2.75, 3.05) is 20.3 Å². The van der Waals surface area contributed by atoms with Crippen LogP contribution in [0, 0.1) is 11.8 Å². The van der Waals surface area contributed by atoms with Crippen molar-refractivity contribution in [1.82, 2.24) is 0 Å². The molecule has 0 radical (unpaired) electrons. The SMILES string of the molecule is COCCC(C)C1(O)CCOC(C(C)C)C1. The van der Waals surface area contributed by atoms with Crippen molar-refractivity contribution < 1.29 is 14.6 Å². The van der Waals surface area contributed by atoms with Crippen molar-refractivity contribution in [2.24, 2.45) is 11.8 Å². The second-order valence-electron chi connectivity index (χ2n) is 5.39. The molecule has 3 unspecified atom stereocenters. The quantitative estimate of drug-likeness (QED) is 0.787. The first kappa shape index (κ1) is 13.9. The van der Waals surface area contributed by atoms with Crippen molar-refractivity contribution in [3.05, 3.63) is 0 Å². The lowest BCUT2D eigenvalue weighted by Gasteiger charge is -2.42. The lowest BCUT2D eigenvalue weighted by molar-refractivity contribution is -0.142. The summed E-state index contributed by atoms with van der Waals surface area (Å²) in [5.74, 6) is 0.749. The van der Waals surface area contributed by atoms with Gasteiger partial charge in [0.25, 0.3) is 0 Å². The number of hydrogen-bond donors (Lipinski definition) is 1. The molecule has 3 atom stereocenters. The van der Waals surface area contributed by atoms with E-state index in [0.717, 1.165) is 25.9 Å². The van der Waals surface area contributed by atoms with Crippen LogP contribution >= 0.6 is 0 Å². The van der Waals surface area contributed by atoms with E-state index < -0.39 is 5.60 Å². The third-order valence-electron chi connectivity index (χ3n) is 3.84. The predicted octanol–water partition coefficient (Wildman–Crippen LogP) is 2.23. The predicted molar refractivity (Wildman–Crippen MR) is 64.4 cm³/mol. The van der Waals surface area contributed by atoms with Gasteiger partial charge < -0.3 is 14.6 Å². The molecule has 0 aliphatic carbocycles. The molecule has 1 N–H and O–H groups in total. The molecule has 0 aromatic rings. The molecular weight excluding hydrogens is 204 g/mol. The van der Waals surface area contributed by atoms with E-state index in [9.17, 15) is 5.11 Å². The van der Waals surface area contributed by atoms with Crippen molar-refractivity contribution >= 4 is 0 Å². The summed E-state index contributed by atoms with van der Waals surface area (Å²) in [6, 6.07) is 0. The molecule has 16 heavy (non-hydrogen) atoms. The first-order chi connectivity index (χ1) is 7.49. The van der Waals surface area contributed by atoms with Crippen LogP contribution in [0.15, 0.2) is 0 Å². The fraction of sp³-hybridized carbons (Fsp3) is 1.00. The zero-order valence-electron chi connectivity index (χ0n) is 11.0. The molecule has 1 aliphatic rings. The van der Waals surface area contributed by atoms with Gasteiger partial charge in [-0.1, -0.05) is 20.8 Å². The Labute approximate surface area is 99.1 Å². The Hall–Kier alpha value is -0.120. The molecule has 0 amide bonds. The molecule has 0 spiro atoms. The van der Waals surface area contributed by atoms with Crippen LogP contribution in [0.5, 0.6) is 0 Å². The van der Waals surface area contributed by atoms with Gasteiger partial charge in [-0.25, -0.2) is 0 Å². The normalized spacial score (nSPS) is 33.0. The monoisotopic (exact) mass is 230 g/mol. The fourth-order valence-electron chi connectivity index (χ4n) is 2.34. The summed E-state index contributed by atoms with van der Waals surface area (Å²) in [6.07, 6.45) is 2.62. The van der Waals surface area contributed by atoms with Gasteiger partial charge >= 0.3 is 0 Å². The molecule has 1 heterocycles. The summed E-state index contributed by atoms with van der Waals surface area (Å²) in [5, 5.41) is 10.7. The van der Waals surface area contributed by atoms with Gasteiger partial charge in [0.05, 0.1) is 11.7 Å². The molecule has 1 saturated heterocycles. The van der Waals surface area contributed by atoms with E-state index in [1.54, 1.807) is 7.11 Å². The summed E-state index contributed by atoms with van der Waals surface area (Å²) in [4.78, 5) is 0. The summed E-state index contributed by atoms with van der Waals surface area (Å²) in [6.45, 7) is 7.81. The standard InChI is InChI=1S/C13H26O3/c1-10(2)12-9-13(14,6-8-16-12)11(3)5-7-15-4/h10-12,14H,5-9H2,1-4H3. The maximum absolute atomic E-state index is 10.7. The van der Waals surface area contributed by atoms with Gasteiger partial charge in [0, 0.05) is 26.7 Å². The number of methoxy groups -OCH3 is 1. The Bertz CT molecular complexity index is 205. The molecule has 0 aromatic carbocycles. The van der Waals surface area contributed by atoms with Crippen molar-refractivity contribution in [3.8, 4) is 0 Å². The Morgan fingerprint density at radius 2 is 2.12 bits per heavy atom. The lowest BCUT2D eigenvalue weighted by Crippen LogP contribution is -2.47. The molecule has 1 aliphatic heterocycles. The van der Waals surface area contributed by atoms with Gasteiger partial charge in [0.15, 0.2) is 0 Å². The van der Waals surface area contributed by atoms with Gasteiger partial charge in [-0.3, -0.25) is 0 Å². The zero-order valence-corrected chi connectivity index (χ0v) is 11.0. The van der Waals surface area contributed by atoms with E-state index >= 15 is 0 Å². The van der Waals surface area contributed by atoms with Gasteiger partial charge in [0.1, 0.15) is 0 Å². The number of aliphatic hydroxyl groups is 1. The van der Waals surface area contributed by atoms with Crippen LogP contribution < -0.4 is 0 Å². The topological polar surface area (TPSA) is 38.7 Å². The van der Waals surface area contributed by atoms with E-state index in [4.69, 9.17) is 9.47 Å². The highest BCUT2D eigenvalue weighted by Gasteiger charge is 2.40. The van der Waals surface area contributed by atoms with E-state index in [2.05, 4.69) is 20.8 Å². The molecule has 3 nitrogen and oxygen atoms in total. The van der Waals surface area contributed by atoms with Crippen LogP contribution in [0.1, 0.15) is 40.0 Å². The van der Waals surface area contributed by atoms with E-state index in [1.165, 1.54) is 0 Å². The number of rotatable bonds is 5. The summed E-state index contributed by atoms with van der Waals surface area (Å²) in [7, 11) is 1.71. The second-order valence-corrected chi connectivity index (χ2v) is 5.39. The van der Waals surface area contributed by atoms with Gasteiger partial charge in [-0.15, -0.1) is 0 Å². The molecule has 1 rings (SSSR count). The van der Waals surface area contributed by atoms with Crippen molar-refractivity contribution in [1.29, 1.82) is 0 Å². The summed E-state index contributed by atoms with van der Waals surface area (Å²) >= 11 is 0. The highest BCUT2D eigenvalue weighted by atomic mass is 16.5. The number of hydrogen-bond acceptors (Lipinski definition) is 3. The number of ether oxygens (including phenoxy) is 2. The Balaban J connectivity index is 2.54. The van der Waals surface area contributed by atoms with E-state index in [0.29, 0.717) is 12.5 Å². The van der Waals surface area contributed by atoms with Gasteiger partial charge in [0.2, 0.25) is 0 Å². The Morgan fingerprint density at radius 1 is 1.44 bits per heavy atom. The molecule has 0 aromatic heterocycles. The molecule has 3 heteroatoms. The largest absolute Gasteiger partial charge is 0.389 e. The van der Waals surface area contributed by atoms with Crippen LogP contribution in [-0.2, 0) is 9.47 Å². The average molecular weight is 230 g/mol. The molecule has 0 bridgehead atoms. The first-order valence-corrected chi connectivity index (χ1v) is 6.32. The summed E-state index contributed by atoms with van der Waals surface area (Å²) in [5.41, 5.74) is -0.564. The van der Waals surface area contributed by atoms with E-state index in [-0.39, 0.29) is 12.0 Å². The fourth-order valence-corrected chi connectivity index (χ4v) is 2.34. The van der Waals surface area contributed by atoms with Crippen LogP contribution in [0.3, 0.4) is 0 Å². The minimum atomic E-state index is -0.564. The van der Waals surface area contributed by atoms with Gasteiger partial charge in [-0.05, 0) is 24.7 Å². The second kappa shape index (κ2) is 5.99. The van der Waals surface area contributed by atoms with Crippen molar-refractivity contribution in [2.45, 2.75) is 51.7 Å². The highest BCUT2D eigenvalue weighted by molar-refractivity contribution is 4.90. The minimum absolute atomic E-state index is 0.198. The van der Waals surface area contributed by atoms with Crippen LogP contribution in [-0.4, -0.2) is 37.1 Å². The Kier molecular flexibility index (Phi) is 5.22. The zero-order chi connectivity index (χ0) is 12.2. The van der Waals surface area contributed by atoms with Crippen LogP contribution in [0.4, 0.5) is 0 Å². The maximum atomic E-state index is 10.7. The minimum Gasteiger partial charge on any atom is -0.389 e.